The summed E-state index contributed by atoms with van der Waals surface area (Å²) in [4.78, 5) is 4.23. The van der Waals surface area contributed by atoms with Crippen LogP contribution in [0.2, 0.25) is 0 Å². The second-order valence-electron chi connectivity index (χ2n) is 3.57. The molecular formula is C10H15N3O2S2. The summed E-state index contributed by atoms with van der Waals surface area (Å²) in [6.07, 6.45) is 0.840. The summed E-state index contributed by atoms with van der Waals surface area (Å²) in [6.45, 7) is 3.86. The predicted molar refractivity (Wildman–Crippen MR) is 67.2 cm³/mol. The molecule has 1 aromatic heterocycles. The molecule has 1 rings (SSSR count). The number of sulfonamides is 1. The molecule has 0 aliphatic heterocycles. The van der Waals surface area contributed by atoms with Crippen LogP contribution in [0, 0.1) is 18.3 Å². The molecule has 0 saturated carbocycles. The van der Waals surface area contributed by atoms with Gasteiger partial charge < -0.3 is 0 Å². The van der Waals surface area contributed by atoms with E-state index in [4.69, 9.17) is 5.26 Å². The SMILES string of the molecule is CCC(C#N)S(=O)(=O)NCCc1csc(C)n1. The zero-order valence-electron chi connectivity index (χ0n) is 9.80. The second kappa shape index (κ2) is 6.10. The minimum atomic E-state index is -3.52. The molecular weight excluding hydrogens is 258 g/mol. The van der Waals surface area contributed by atoms with Crippen LogP contribution in [-0.4, -0.2) is 25.2 Å². The third-order valence-electron chi connectivity index (χ3n) is 2.24. The highest BCUT2D eigenvalue weighted by molar-refractivity contribution is 7.90. The first-order valence-corrected chi connectivity index (χ1v) is 7.71. The van der Waals surface area contributed by atoms with E-state index in [1.54, 1.807) is 13.0 Å². The summed E-state index contributed by atoms with van der Waals surface area (Å²) in [7, 11) is -3.52. The monoisotopic (exact) mass is 273 g/mol. The Morgan fingerprint density at radius 2 is 2.35 bits per heavy atom. The fourth-order valence-electron chi connectivity index (χ4n) is 1.33. The number of aromatic nitrogens is 1. The van der Waals surface area contributed by atoms with Gasteiger partial charge in [-0.1, -0.05) is 6.92 Å². The number of nitrogens with one attached hydrogen (secondary N) is 1. The van der Waals surface area contributed by atoms with E-state index in [0.29, 0.717) is 12.8 Å². The Kier molecular flexibility index (Phi) is 5.05. The molecule has 0 spiro atoms. The van der Waals surface area contributed by atoms with Crippen molar-refractivity contribution in [2.24, 2.45) is 0 Å². The van der Waals surface area contributed by atoms with Gasteiger partial charge in [-0.25, -0.2) is 18.1 Å². The number of rotatable bonds is 6. The van der Waals surface area contributed by atoms with Crippen molar-refractivity contribution in [3.05, 3.63) is 16.1 Å². The van der Waals surface area contributed by atoms with Gasteiger partial charge in [0.15, 0.2) is 5.25 Å². The van der Waals surface area contributed by atoms with E-state index >= 15 is 0 Å². The van der Waals surface area contributed by atoms with Crippen molar-refractivity contribution >= 4 is 21.4 Å². The van der Waals surface area contributed by atoms with Crippen molar-refractivity contribution in [1.82, 2.24) is 9.71 Å². The lowest BCUT2D eigenvalue weighted by Gasteiger charge is -2.09. The molecule has 5 nitrogen and oxygen atoms in total. The number of hydrogen-bond donors (Lipinski definition) is 1. The number of nitriles is 1. The average molecular weight is 273 g/mol. The summed E-state index contributed by atoms with van der Waals surface area (Å²) in [5.41, 5.74) is 0.875. The molecule has 1 unspecified atom stereocenters. The van der Waals surface area contributed by atoms with E-state index in [1.807, 2.05) is 12.3 Å². The molecule has 1 N–H and O–H groups in total. The predicted octanol–water partition coefficient (Wildman–Crippen LogP) is 1.22. The van der Waals surface area contributed by atoms with Gasteiger partial charge in [-0.15, -0.1) is 11.3 Å². The van der Waals surface area contributed by atoms with E-state index in [0.717, 1.165) is 10.7 Å². The first-order valence-electron chi connectivity index (χ1n) is 5.28. The minimum Gasteiger partial charge on any atom is -0.247 e. The van der Waals surface area contributed by atoms with Crippen LogP contribution in [0.4, 0.5) is 0 Å². The maximum Gasteiger partial charge on any atom is 0.227 e. The Morgan fingerprint density at radius 1 is 1.65 bits per heavy atom. The Balaban J connectivity index is 2.49. The molecule has 1 aromatic rings. The van der Waals surface area contributed by atoms with Crippen LogP contribution >= 0.6 is 11.3 Å². The summed E-state index contributed by atoms with van der Waals surface area (Å²) in [5, 5.41) is 10.6. The van der Waals surface area contributed by atoms with E-state index in [-0.39, 0.29) is 6.54 Å². The molecule has 1 heterocycles. The molecule has 0 bridgehead atoms. The number of aryl methyl sites for hydroxylation is 1. The van der Waals surface area contributed by atoms with E-state index in [1.165, 1.54) is 11.3 Å². The van der Waals surface area contributed by atoms with Gasteiger partial charge >= 0.3 is 0 Å². The van der Waals surface area contributed by atoms with Crippen LogP contribution in [0.25, 0.3) is 0 Å². The van der Waals surface area contributed by atoms with Gasteiger partial charge in [0.25, 0.3) is 0 Å². The van der Waals surface area contributed by atoms with E-state index in [2.05, 4.69) is 9.71 Å². The van der Waals surface area contributed by atoms with E-state index in [9.17, 15) is 8.42 Å². The van der Waals surface area contributed by atoms with E-state index < -0.39 is 15.3 Å². The fourth-order valence-corrected chi connectivity index (χ4v) is 3.14. The van der Waals surface area contributed by atoms with Gasteiger partial charge in [0.2, 0.25) is 10.0 Å². The highest BCUT2D eigenvalue weighted by Gasteiger charge is 2.22. The first-order chi connectivity index (χ1) is 7.99. The normalized spacial score (nSPS) is 13.2. The molecule has 7 heteroatoms. The number of nitrogens with zero attached hydrogens (tertiary/aromatic N) is 2. The van der Waals surface area contributed by atoms with Gasteiger partial charge in [-0.2, -0.15) is 5.26 Å². The molecule has 0 aliphatic carbocycles. The van der Waals surface area contributed by atoms with Crippen LogP contribution in [0.5, 0.6) is 0 Å². The van der Waals surface area contributed by atoms with Gasteiger partial charge in [0.1, 0.15) is 0 Å². The highest BCUT2D eigenvalue weighted by atomic mass is 32.2. The average Bonchev–Trinajstić information content (AvgIpc) is 2.65. The Hall–Kier alpha value is -0.970. The lowest BCUT2D eigenvalue weighted by atomic mass is 10.3. The summed E-state index contributed by atoms with van der Waals surface area (Å²) >= 11 is 1.54. The fraction of sp³-hybridized carbons (Fsp3) is 0.600. The number of hydrogen-bond acceptors (Lipinski definition) is 5. The lowest BCUT2D eigenvalue weighted by Crippen LogP contribution is -2.34. The maximum absolute atomic E-state index is 11.6. The van der Waals surface area contributed by atoms with Crippen molar-refractivity contribution in [2.45, 2.75) is 31.9 Å². The van der Waals surface area contributed by atoms with Gasteiger partial charge in [0, 0.05) is 18.3 Å². The Bertz CT molecular complexity index is 502. The summed E-state index contributed by atoms with van der Waals surface area (Å²) in [6, 6.07) is 1.78. The standard InChI is InChI=1S/C10H15N3O2S2/c1-3-10(6-11)17(14,15)12-5-4-9-7-16-8(2)13-9/h7,10,12H,3-5H2,1-2H3. The number of thiazole rings is 1. The van der Waals surface area contributed by atoms with Crippen molar-refractivity contribution in [3.8, 4) is 6.07 Å². The zero-order valence-corrected chi connectivity index (χ0v) is 11.4. The van der Waals surface area contributed by atoms with Crippen LogP contribution in [0.1, 0.15) is 24.0 Å². The molecule has 94 valence electrons. The molecule has 0 aliphatic rings. The third-order valence-corrected chi connectivity index (χ3v) is 4.86. The smallest absolute Gasteiger partial charge is 0.227 e. The molecule has 0 fully saturated rings. The zero-order chi connectivity index (χ0) is 12.9. The molecule has 1 atom stereocenters. The van der Waals surface area contributed by atoms with Gasteiger partial charge in [0.05, 0.1) is 16.8 Å². The minimum absolute atomic E-state index is 0.281. The van der Waals surface area contributed by atoms with Gasteiger partial charge in [-0.05, 0) is 13.3 Å². The quantitative estimate of drug-likeness (QED) is 0.844. The summed E-state index contributed by atoms with van der Waals surface area (Å²) < 4.78 is 25.7. The van der Waals surface area contributed by atoms with Crippen LogP contribution in [-0.2, 0) is 16.4 Å². The highest BCUT2D eigenvalue weighted by Crippen LogP contribution is 2.08. The molecule has 0 radical (unpaired) electrons. The topological polar surface area (TPSA) is 82.8 Å². The molecule has 17 heavy (non-hydrogen) atoms. The van der Waals surface area contributed by atoms with Crippen LogP contribution < -0.4 is 4.72 Å². The van der Waals surface area contributed by atoms with Crippen molar-refractivity contribution in [2.75, 3.05) is 6.54 Å². The van der Waals surface area contributed by atoms with Gasteiger partial charge in [-0.3, -0.25) is 0 Å². The van der Waals surface area contributed by atoms with Crippen molar-refractivity contribution in [1.29, 1.82) is 5.26 Å². The largest absolute Gasteiger partial charge is 0.247 e. The van der Waals surface area contributed by atoms with Crippen molar-refractivity contribution in [3.63, 3.8) is 0 Å². The summed E-state index contributed by atoms with van der Waals surface area (Å²) in [5.74, 6) is 0. The first kappa shape index (κ1) is 14.1. The lowest BCUT2D eigenvalue weighted by molar-refractivity contribution is 0.572. The van der Waals surface area contributed by atoms with Crippen molar-refractivity contribution < 1.29 is 8.42 Å². The molecule has 0 amide bonds. The molecule has 0 saturated heterocycles. The van der Waals surface area contributed by atoms with Crippen LogP contribution in [0.15, 0.2) is 5.38 Å². The maximum atomic E-state index is 11.6. The Morgan fingerprint density at radius 3 is 2.82 bits per heavy atom. The van der Waals surface area contributed by atoms with Crippen LogP contribution in [0.3, 0.4) is 0 Å². The molecule has 0 aromatic carbocycles. The Labute approximate surface area is 106 Å². The second-order valence-corrected chi connectivity index (χ2v) is 6.58. The third kappa shape index (κ3) is 4.07.